The molecule has 1 aromatic carbocycles. The molecule has 142 valence electrons. The maximum absolute atomic E-state index is 13.1. The smallest absolute Gasteiger partial charge is 0.323 e. The summed E-state index contributed by atoms with van der Waals surface area (Å²) >= 11 is 0. The third-order valence-electron chi connectivity index (χ3n) is 5.37. The highest BCUT2D eigenvalue weighted by atomic mass is 19.1. The van der Waals surface area contributed by atoms with Crippen molar-refractivity contribution in [3.63, 3.8) is 0 Å². The maximum atomic E-state index is 13.1. The van der Waals surface area contributed by atoms with Gasteiger partial charge in [-0.05, 0) is 55.3 Å². The highest BCUT2D eigenvalue weighted by molar-refractivity contribution is 6.07. The molecule has 3 rings (SSSR count). The van der Waals surface area contributed by atoms with Crippen LogP contribution in [0.1, 0.15) is 45.6 Å². The number of halogens is 1. The predicted molar refractivity (Wildman–Crippen MR) is 97.6 cm³/mol. The van der Waals surface area contributed by atoms with Crippen LogP contribution in [-0.4, -0.2) is 41.0 Å². The van der Waals surface area contributed by atoms with E-state index in [0.29, 0.717) is 25.3 Å². The van der Waals surface area contributed by atoms with E-state index in [-0.39, 0.29) is 29.8 Å². The molecule has 1 aromatic rings. The molecule has 0 unspecified atom stereocenters. The Morgan fingerprint density at radius 2 is 1.88 bits per heavy atom. The van der Waals surface area contributed by atoms with Crippen LogP contribution in [0.5, 0.6) is 0 Å². The number of rotatable bonds is 4. The lowest BCUT2D eigenvalue weighted by molar-refractivity contribution is -0.136. The van der Waals surface area contributed by atoms with Gasteiger partial charge < -0.3 is 5.32 Å². The molecule has 1 heterocycles. The van der Waals surface area contributed by atoms with Crippen LogP contribution in [-0.2, 0) is 11.3 Å². The second kappa shape index (κ2) is 6.65. The van der Waals surface area contributed by atoms with E-state index >= 15 is 0 Å². The Morgan fingerprint density at radius 3 is 2.50 bits per heavy atom. The van der Waals surface area contributed by atoms with E-state index in [1.807, 2.05) is 11.9 Å². The number of benzene rings is 1. The highest BCUT2D eigenvalue weighted by Gasteiger charge is 2.56. The number of hydrogen-bond acceptors (Lipinski definition) is 3. The van der Waals surface area contributed by atoms with E-state index < -0.39 is 5.54 Å². The standard InChI is InChI=1S/C20H28FN3O2/c1-14-9-19(2,3)12-20(10-14)17(25)24(18(26)22-20)13-23(4)11-15-5-7-16(21)8-6-15/h5-8,14H,9-13H2,1-4H3,(H,22,26)/t14-,20+/m0/s1. The van der Waals surface area contributed by atoms with Crippen LogP contribution in [0.2, 0.25) is 0 Å². The molecular weight excluding hydrogens is 333 g/mol. The number of amides is 3. The van der Waals surface area contributed by atoms with Crippen LogP contribution in [0.4, 0.5) is 9.18 Å². The number of carbonyl (C=O) groups excluding carboxylic acids is 2. The zero-order valence-electron chi connectivity index (χ0n) is 16.0. The first-order valence-electron chi connectivity index (χ1n) is 9.17. The summed E-state index contributed by atoms with van der Waals surface area (Å²) in [5, 5.41) is 2.99. The minimum atomic E-state index is -0.769. The van der Waals surface area contributed by atoms with Gasteiger partial charge >= 0.3 is 6.03 Å². The third-order valence-corrected chi connectivity index (χ3v) is 5.37. The number of nitrogens with one attached hydrogen (secondary N) is 1. The lowest BCUT2D eigenvalue weighted by atomic mass is 9.64. The summed E-state index contributed by atoms with van der Waals surface area (Å²) in [6.45, 7) is 7.22. The summed E-state index contributed by atoms with van der Waals surface area (Å²) < 4.78 is 13.0. The Balaban J connectivity index is 1.70. The Bertz CT molecular complexity index is 704. The van der Waals surface area contributed by atoms with Gasteiger partial charge in [0.1, 0.15) is 11.4 Å². The molecule has 1 aliphatic carbocycles. The van der Waals surface area contributed by atoms with Crippen molar-refractivity contribution in [1.29, 1.82) is 0 Å². The molecule has 2 fully saturated rings. The largest absolute Gasteiger partial charge is 0.326 e. The zero-order chi connectivity index (χ0) is 19.1. The predicted octanol–water partition coefficient (Wildman–Crippen LogP) is 3.35. The van der Waals surface area contributed by atoms with Gasteiger partial charge in [-0.3, -0.25) is 9.69 Å². The summed E-state index contributed by atoms with van der Waals surface area (Å²) in [5.74, 6) is -0.00514. The molecule has 3 amide bonds. The number of imide groups is 1. The van der Waals surface area contributed by atoms with E-state index in [0.717, 1.165) is 12.0 Å². The molecule has 5 nitrogen and oxygen atoms in total. The van der Waals surface area contributed by atoms with Gasteiger partial charge in [0, 0.05) is 6.54 Å². The lowest BCUT2D eigenvalue weighted by Gasteiger charge is -2.43. The average molecular weight is 361 g/mol. The molecule has 2 atom stereocenters. The summed E-state index contributed by atoms with van der Waals surface area (Å²) in [7, 11) is 1.85. The molecule has 6 heteroatoms. The van der Waals surface area contributed by atoms with Crippen LogP contribution in [0.25, 0.3) is 0 Å². The van der Waals surface area contributed by atoms with Crippen LogP contribution in [0, 0.1) is 17.2 Å². The minimum absolute atomic E-state index is 0.0244. The zero-order valence-corrected chi connectivity index (χ0v) is 16.0. The van der Waals surface area contributed by atoms with E-state index in [9.17, 15) is 14.0 Å². The molecule has 1 saturated heterocycles. The van der Waals surface area contributed by atoms with Crippen LogP contribution in [0.3, 0.4) is 0 Å². The Hall–Kier alpha value is -1.95. The molecule has 26 heavy (non-hydrogen) atoms. The molecule has 0 aromatic heterocycles. The Morgan fingerprint density at radius 1 is 1.23 bits per heavy atom. The second-order valence-corrected chi connectivity index (χ2v) is 8.88. The monoisotopic (exact) mass is 361 g/mol. The first-order valence-corrected chi connectivity index (χ1v) is 9.17. The van der Waals surface area contributed by atoms with Gasteiger partial charge in [0.15, 0.2) is 0 Å². The first-order chi connectivity index (χ1) is 12.1. The van der Waals surface area contributed by atoms with Crippen molar-refractivity contribution in [2.24, 2.45) is 11.3 Å². The van der Waals surface area contributed by atoms with Gasteiger partial charge in [0.2, 0.25) is 0 Å². The van der Waals surface area contributed by atoms with Gasteiger partial charge in [-0.25, -0.2) is 14.1 Å². The summed E-state index contributed by atoms with van der Waals surface area (Å²) in [6.07, 6.45) is 2.43. The Labute approximate surface area is 154 Å². The SMILES string of the molecule is C[C@H]1CC(C)(C)C[C@@]2(C1)NC(=O)N(CN(C)Cc1ccc(F)cc1)C2=O. The molecule has 0 bridgehead atoms. The van der Waals surface area contributed by atoms with E-state index in [2.05, 4.69) is 26.1 Å². The molecule has 1 saturated carbocycles. The molecule has 2 aliphatic rings. The van der Waals surface area contributed by atoms with E-state index in [4.69, 9.17) is 0 Å². The maximum Gasteiger partial charge on any atom is 0.326 e. The third kappa shape index (κ3) is 3.75. The summed E-state index contributed by atoms with van der Waals surface area (Å²) in [4.78, 5) is 28.9. The average Bonchev–Trinajstić information content (AvgIpc) is 2.71. The van der Waals surface area contributed by atoms with Crippen molar-refractivity contribution in [3.8, 4) is 0 Å². The van der Waals surface area contributed by atoms with Gasteiger partial charge in [-0.15, -0.1) is 0 Å². The first kappa shape index (κ1) is 18.8. The number of carbonyl (C=O) groups is 2. The molecule has 1 spiro atoms. The van der Waals surface area contributed by atoms with Crippen molar-refractivity contribution in [2.75, 3.05) is 13.7 Å². The fraction of sp³-hybridized carbons (Fsp3) is 0.600. The van der Waals surface area contributed by atoms with E-state index in [1.165, 1.54) is 17.0 Å². The topological polar surface area (TPSA) is 52.7 Å². The van der Waals surface area contributed by atoms with Crippen LogP contribution >= 0.6 is 0 Å². The highest BCUT2D eigenvalue weighted by Crippen LogP contribution is 2.46. The van der Waals surface area contributed by atoms with Crippen LogP contribution < -0.4 is 5.32 Å². The lowest BCUT2D eigenvalue weighted by Crippen LogP contribution is -2.54. The fourth-order valence-corrected chi connectivity index (χ4v) is 4.83. The summed E-state index contributed by atoms with van der Waals surface area (Å²) in [5.41, 5.74) is 0.189. The van der Waals surface area contributed by atoms with Gasteiger partial charge in [0.25, 0.3) is 5.91 Å². The quantitative estimate of drug-likeness (QED) is 0.837. The van der Waals surface area contributed by atoms with Crippen molar-refractivity contribution in [3.05, 3.63) is 35.6 Å². The normalized spacial score (nSPS) is 28.1. The molecular formula is C20H28FN3O2. The number of urea groups is 1. The van der Waals surface area contributed by atoms with Crippen molar-refractivity contribution >= 4 is 11.9 Å². The van der Waals surface area contributed by atoms with Crippen molar-refractivity contribution in [1.82, 2.24) is 15.1 Å². The molecule has 1 aliphatic heterocycles. The Kier molecular flexibility index (Phi) is 4.82. The number of hydrogen-bond donors (Lipinski definition) is 1. The van der Waals surface area contributed by atoms with Gasteiger partial charge in [-0.2, -0.15) is 0 Å². The van der Waals surface area contributed by atoms with Gasteiger partial charge in [-0.1, -0.05) is 32.9 Å². The second-order valence-electron chi connectivity index (χ2n) is 8.88. The molecule has 1 N–H and O–H groups in total. The van der Waals surface area contributed by atoms with Crippen LogP contribution in [0.15, 0.2) is 24.3 Å². The van der Waals surface area contributed by atoms with Crippen molar-refractivity contribution < 1.29 is 14.0 Å². The molecule has 0 radical (unpaired) electrons. The van der Waals surface area contributed by atoms with E-state index in [1.54, 1.807) is 12.1 Å². The summed E-state index contributed by atoms with van der Waals surface area (Å²) in [6, 6.07) is 5.94. The number of nitrogens with zero attached hydrogens (tertiary/aromatic N) is 2. The fourth-order valence-electron chi connectivity index (χ4n) is 4.83. The minimum Gasteiger partial charge on any atom is -0.323 e. The van der Waals surface area contributed by atoms with Gasteiger partial charge in [0.05, 0.1) is 6.67 Å². The van der Waals surface area contributed by atoms with Crippen molar-refractivity contribution in [2.45, 2.75) is 52.1 Å².